The van der Waals surface area contributed by atoms with Gasteiger partial charge in [-0.1, -0.05) is 51.4 Å². The fourth-order valence-corrected chi connectivity index (χ4v) is 2.14. The van der Waals surface area contributed by atoms with Crippen LogP contribution in [0.2, 0.25) is 5.02 Å². The summed E-state index contributed by atoms with van der Waals surface area (Å²) in [4.78, 5) is 13.2. The van der Waals surface area contributed by atoms with Crippen LogP contribution in [-0.4, -0.2) is 17.4 Å². The molecular weight excluding hydrogens is 282 g/mol. The lowest BCUT2D eigenvalue weighted by atomic mass is 9.88. The maximum absolute atomic E-state index is 13.2. The summed E-state index contributed by atoms with van der Waals surface area (Å²) in [5.41, 5.74) is -1.60. The molecule has 2 nitrogen and oxygen atoms in total. The molecule has 1 aromatic carbocycles. The summed E-state index contributed by atoms with van der Waals surface area (Å²) in [6.07, 6.45) is -5.01. The quantitative estimate of drug-likeness (QED) is 0.715. The van der Waals surface area contributed by atoms with Crippen molar-refractivity contribution in [3.8, 4) is 0 Å². The first kappa shape index (κ1) is 10.0. The van der Waals surface area contributed by atoms with Gasteiger partial charge in [-0.15, -0.1) is 0 Å². The molecule has 0 aliphatic heterocycles. The lowest BCUT2D eigenvalue weighted by molar-refractivity contribution is 0.0883. The van der Waals surface area contributed by atoms with E-state index in [0.717, 1.165) is 19.4 Å². The second-order valence-corrected chi connectivity index (χ2v) is 5.85. The van der Waals surface area contributed by atoms with Crippen molar-refractivity contribution in [1.82, 2.24) is 5.32 Å². The molecule has 0 bridgehead atoms. The van der Waals surface area contributed by atoms with Crippen LogP contribution in [0, 0.1) is 12.8 Å². The number of nitrogens with one attached hydrogen (secondary N) is 1. The summed E-state index contributed by atoms with van der Waals surface area (Å²) < 4.78 is 56.5. The summed E-state index contributed by atoms with van der Waals surface area (Å²) in [5, 5.41) is 3.00. The maximum atomic E-state index is 13.2. The molecule has 0 spiro atoms. The van der Waals surface area contributed by atoms with Crippen molar-refractivity contribution in [2.24, 2.45) is 5.92 Å². The highest BCUT2D eigenvalue weighted by atomic mass is 35.5. The van der Waals surface area contributed by atoms with Gasteiger partial charge in [-0.3, -0.25) is 4.79 Å². The zero-order valence-electron chi connectivity index (χ0n) is 20.2. The van der Waals surface area contributed by atoms with Crippen LogP contribution < -0.4 is 5.32 Å². The van der Waals surface area contributed by atoms with Crippen LogP contribution >= 0.6 is 11.6 Å². The van der Waals surface area contributed by atoms with Gasteiger partial charge in [0.05, 0.1) is 6.04 Å². The van der Waals surface area contributed by atoms with Gasteiger partial charge < -0.3 is 5.32 Å². The Hall–Kier alpha value is -0.860. The number of halogens is 1. The van der Waals surface area contributed by atoms with Crippen LogP contribution in [0.3, 0.4) is 0 Å². The normalized spacial score (nSPS) is 20.4. The minimum absolute atomic E-state index is 0.245. The molecule has 1 N–H and O–H groups in total. The summed E-state index contributed by atoms with van der Waals surface area (Å²) in [6.45, 7) is 4.11. The van der Waals surface area contributed by atoms with E-state index in [0.29, 0.717) is 5.02 Å². The SMILES string of the molecule is [2H]C([2H])([2H])C(NC(C(=O)c1ccc(C)c(Cl)c1)C(C)C)(C([2H])([2H])C)C([2H])([2H])C. The Labute approximate surface area is 144 Å². The number of hydrogen-bond donors (Lipinski definition) is 1. The number of ketones is 1. The molecule has 0 aliphatic rings. The van der Waals surface area contributed by atoms with E-state index in [4.69, 9.17) is 21.2 Å². The van der Waals surface area contributed by atoms with E-state index < -0.39 is 42.9 Å². The molecular formula is C18H28ClNO. The molecule has 21 heavy (non-hydrogen) atoms. The van der Waals surface area contributed by atoms with Crippen molar-refractivity contribution in [2.75, 3.05) is 0 Å². The van der Waals surface area contributed by atoms with Gasteiger partial charge in [0.15, 0.2) is 5.78 Å². The number of carbonyl (C=O) groups is 1. The van der Waals surface area contributed by atoms with Crippen molar-refractivity contribution in [3.05, 3.63) is 34.3 Å². The molecule has 0 heterocycles. The number of Topliss-reactive ketones (excluding diaryl/α,β-unsaturated/α-hetero) is 1. The summed E-state index contributed by atoms with van der Waals surface area (Å²) in [5.74, 6) is -0.905. The first-order valence-corrected chi connectivity index (χ1v) is 7.32. The van der Waals surface area contributed by atoms with Crippen LogP contribution in [0.15, 0.2) is 18.2 Å². The highest BCUT2D eigenvalue weighted by Crippen LogP contribution is 2.22. The average Bonchev–Trinajstić information content (AvgIpc) is 2.45. The van der Waals surface area contributed by atoms with E-state index in [9.17, 15) is 4.79 Å². The van der Waals surface area contributed by atoms with Gasteiger partial charge >= 0.3 is 0 Å². The molecule has 0 aromatic heterocycles. The molecule has 118 valence electrons. The van der Waals surface area contributed by atoms with E-state index in [2.05, 4.69) is 5.32 Å². The van der Waals surface area contributed by atoms with Crippen LogP contribution in [0.5, 0.6) is 0 Å². The second kappa shape index (κ2) is 7.42. The number of rotatable bonds is 7. The van der Waals surface area contributed by atoms with E-state index in [1.165, 1.54) is 6.07 Å². The Morgan fingerprint density at radius 3 is 2.48 bits per heavy atom. The zero-order chi connectivity index (χ0) is 22.3. The van der Waals surface area contributed by atoms with Crippen molar-refractivity contribution in [2.45, 2.75) is 65.8 Å². The number of benzene rings is 1. The maximum Gasteiger partial charge on any atom is 0.180 e. The van der Waals surface area contributed by atoms with Crippen LogP contribution in [0.1, 0.15) is 72.8 Å². The van der Waals surface area contributed by atoms with Crippen molar-refractivity contribution in [1.29, 1.82) is 0 Å². The van der Waals surface area contributed by atoms with Crippen LogP contribution in [-0.2, 0) is 0 Å². The smallest absolute Gasteiger partial charge is 0.180 e. The van der Waals surface area contributed by atoms with E-state index in [1.807, 2.05) is 0 Å². The fraction of sp³-hybridized carbons (Fsp3) is 0.611. The minimum Gasteiger partial charge on any atom is -0.302 e. The molecule has 1 unspecified atom stereocenters. The van der Waals surface area contributed by atoms with Crippen molar-refractivity contribution < 1.29 is 14.4 Å². The second-order valence-electron chi connectivity index (χ2n) is 5.44. The van der Waals surface area contributed by atoms with Crippen LogP contribution in [0.25, 0.3) is 0 Å². The molecule has 0 radical (unpaired) electrons. The molecule has 0 fully saturated rings. The molecule has 0 amide bonds. The molecule has 1 atom stereocenters. The third kappa shape index (κ3) is 4.55. The average molecular weight is 317 g/mol. The molecule has 0 saturated heterocycles. The summed E-state index contributed by atoms with van der Waals surface area (Å²) in [6, 6.07) is 3.58. The van der Waals surface area contributed by atoms with Crippen LogP contribution in [0.4, 0.5) is 0 Å². The van der Waals surface area contributed by atoms with Gasteiger partial charge in [-0.25, -0.2) is 0 Å². The molecule has 3 heteroatoms. The Morgan fingerprint density at radius 2 is 2.05 bits per heavy atom. The Bertz CT molecular complexity index is 684. The summed E-state index contributed by atoms with van der Waals surface area (Å²) >= 11 is 6.11. The third-order valence-electron chi connectivity index (χ3n) is 3.53. The Morgan fingerprint density at radius 1 is 1.43 bits per heavy atom. The minimum atomic E-state index is -3.07. The zero-order valence-corrected chi connectivity index (χ0v) is 13.9. The number of aryl methyl sites for hydroxylation is 1. The molecule has 0 saturated carbocycles. The standard InChI is InChI=1S/C18H28ClNO/c1-7-18(6,8-2)20-16(12(3)4)17(21)14-10-9-13(5)15(19)11-14/h9-12,16,20H,7-8H2,1-6H3/i6D3,7D2,8D2. The molecule has 1 rings (SSSR count). The first-order valence-electron chi connectivity index (χ1n) is 10.4. The van der Waals surface area contributed by atoms with Gasteiger partial charge in [0.2, 0.25) is 0 Å². The molecule has 0 aliphatic carbocycles. The predicted molar refractivity (Wildman–Crippen MR) is 91.3 cm³/mol. The van der Waals surface area contributed by atoms with Crippen molar-refractivity contribution >= 4 is 17.4 Å². The van der Waals surface area contributed by atoms with Gasteiger partial charge in [0.1, 0.15) is 0 Å². The Kier molecular flexibility index (Phi) is 3.54. The van der Waals surface area contributed by atoms with Gasteiger partial charge in [0, 0.05) is 25.7 Å². The van der Waals surface area contributed by atoms with E-state index in [-0.39, 0.29) is 5.56 Å². The van der Waals surface area contributed by atoms with E-state index >= 15 is 0 Å². The van der Waals surface area contributed by atoms with Crippen molar-refractivity contribution in [3.63, 3.8) is 0 Å². The first-order chi connectivity index (χ1) is 12.4. The molecule has 1 aromatic rings. The van der Waals surface area contributed by atoms with Gasteiger partial charge in [-0.05, 0) is 44.1 Å². The topological polar surface area (TPSA) is 29.1 Å². The number of hydrogen-bond acceptors (Lipinski definition) is 2. The predicted octanol–water partition coefficient (Wildman–Crippen LogP) is 5.02. The lowest BCUT2D eigenvalue weighted by Gasteiger charge is -2.35. The Balaban J connectivity index is 3.59. The van der Waals surface area contributed by atoms with Gasteiger partial charge in [0.25, 0.3) is 0 Å². The third-order valence-corrected chi connectivity index (χ3v) is 3.93. The number of carbonyl (C=O) groups excluding carboxylic acids is 1. The largest absolute Gasteiger partial charge is 0.302 e. The summed E-state index contributed by atoms with van der Waals surface area (Å²) in [7, 11) is 0. The monoisotopic (exact) mass is 316 g/mol. The highest BCUT2D eigenvalue weighted by molar-refractivity contribution is 6.31. The van der Waals surface area contributed by atoms with E-state index in [1.54, 1.807) is 32.9 Å². The fourth-order valence-electron chi connectivity index (χ4n) is 1.96. The van der Waals surface area contributed by atoms with Gasteiger partial charge in [-0.2, -0.15) is 0 Å². The lowest BCUT2D eigenvalue weighted by Crippen LogP contribution is -2.53. The highest BCUT2D eigenvalue weighted by Gasteiger charge is 2.30.